The Morgan fingerprint density at radius 2 is 1.58 bits per heavy atom. The summed E-state index contributed by atoms with van der Waals surface area (Å²) >= 11 is 0. The third-order valence-corrected chi connectivity index (χ3v) is 4.98. The average Bonchev–Trinajstić information content (AvgIpc) is 3.08. The number of pyridine rings is 1. The third kappa shape index (κ3) is 1.61. The van der Waals surface area contributed by atoms with Crippen molar-refractivity contribution in [2.24, 2.45) is 0 Å². The molecule has 0 saturated carbocycles. The highest BCUT2D eigenvalue weighted by Crippen LogP contribution is 2.33. The molecule has 1 aliphatic carbocycles. The number of aromatic nitrogens is 2. The molecule has 1 aromatic carbocycles. The molecule has 0 atom stereocenters. The minimum Gasteiger partial charge on any atom is -0.267 e. The van der Waals surface area contributed by atoms with Gasteiger partial charge in [0, 0.05) is 17.3 Å². The van der Waals surface area contributed by atoms with Gasteiger partial charge in [-0.1, -0.05) is 12.1 Å². The van der Waals surface area contributed by atoms with Gasteiger partial charge in [-0.15, -0.1) is 0 Å². The minimum atomic E-state index is -0.272. The van der Waals surface area contributed by atoms with Crippen molar-refractivity contribution in [1.29, 1.82) is 0 Å². The van der Waals surface area contributed by atoms with Gasteiger partial charge < -0.3 is 0 Å². The van der Waals surface area contributed by atoms with E-state index in [-0.39, 0.29) is 11.8 Å². The maximum Gasteiger partial charge on any atom is 0.281 e. The number of fused-ring (bicyclic) bond motifs is 4. The van der Waals surface area contributed by atoms with Gasteiger partial charge in [0.2, 0.25) is 0 Å². The molecule has 3 aromatic rings. The number of carbonyl (C=O) groups excluding carboxylic acids is 2. The van der Waals surface area contributed by atoms with Gasteiger partial charge in [-0.25, -0.2) is 9.66 Å². The van der Waals surface area contributed by atoms with Gasteiger partial charge in [0.1, 0.15) is 0 Å². The summed E-state index contributed by atoms with van der Waals surface area (Å²) in [6, 6.07) is 10.9. The third-order valence-electron chi connectivity index (χ3n) is 4.98. The SMILES string of the molecule is O=C1c2ccccc2C(=O)N1n1c2c(c3cccnc31)CCCC2. The molecule has 5 heteroatoms. The van der Waals surface area contributed by atoms with E-state index < -0.39 is 0 Å². The van der Waals surface area contributed by atoms with Crippen LogP contribution < -0.4 is 5.01 Å². The Hall–Kier alpha value is -2.95. The van der Waals surface area contributed by atoms with Crippen LogP contribution >= 0.6 is 0 Å². The number of nitrogens with zero attached hydrogens (tertiary/aromatic N) is 3. The molecule has 5 nitrogen and oxygen atoms in total. The topological polar surface area (TPSA) is 55.2 Å². The van der Waals surface area contributed by atoms with Crippen LogP contribution in [-0.4, -0.2) is 21.5 Å². The number of benzene rings is 1. The lowest BCUT2D eigenvalue weighted by Crippen LogP contribution is -2.41. The maximum absolute atomic E-state index is 12.9. The molecule has 24 heavy (non-hydrogen) atoms. The Morgan fingerprint density at radius 1 is 0.875 bits per heavy atom. The summed E-state index contributed by atoms with van der Waals surface area (Å²) in [5.74, 6) is -0.543. The predicted octanol–water partition coefficient (Wildman–Crippen LogP) is 2.85. The smallest absolute Gasteiger partial charge is 0.267 e. The molecule has 0 bridgehead atoms. The predicted molar refractivity (Wildman–Crippen MR) is 89.7 cm³/mol. The summed E-state index contributed by atoms with van der Waals surface area (Å²) in [6.07, 6.45) is 5.73. The van der Waals surface area contributed by atoms with E-state index in [2.05, 4.69) is 4.98 Å². The molecule has 5 rings (SSSR count). The van der Waals surface area contributed by atoms with Crippen LogP contribution in [0.15, 0.2) is 42.6 Å². The van der Waals surface area contributed by atoms with Crippen molar-refractivity contribution in [2.75, 3.05) is 5.01 Å². The summed E-state index contributed by atoms with van der Waals surface area (Å²) in [6.45, 7) is 0. The molecule has 2 amide bonds. The highest BCUT2D eigenvalue weighted by atomic mass is 16.2. The molecule has 0 saturated heterocycles. The summed E-state index contributed by atoms with van der Waals surface area (Å²) in [7, 11) is 0. The normalized spacial score (nSPS) is 16.6. The number of rotatable bonds is 1. The molecule has 0 radical (unpaired) electrons. The van der Waals surface area contributed by atoms with Crippen LogP contribution in [0, 0.1) is 0 Å². The average molecular weight is 317 g/mol. The van der Waals surface area contributed by atoms with Crippen LogP contribution in [0.1, 0.15) is 44.8 Å². The van der Waals surface area contributed by atoms with Crippen LogP contribution in [-0.2, 0) is 12.8 Å². The van der Waals surface area contributed by atoms with Crippen LogP contribution in [0.2, 0.25) is 0 Å². The lowest BCUT2D eigenvalue weighted by Gasteiger charge is -2.21. The highest BCUT2D eigenvalue weighted by Gasteiger charge is 2.39. The number of imide groups is 1. The first kappa shape index (κ1) is 13.5. The highest BCUT2D eigenvalue weighted by molar-refractivity contribution is 6.31. The monoisotopic (exact) mass is 317 g/mol. The van der Waals surface area contributed by atoms with E-state index in [1.54, 1.807) is 35.1 Å². The quantitative estimate of drug-likeness (QED) is 0.649. The Labute approximate surface area is 138 Å². The van der Waals surface area contributed by atoms with Crippen LogP contribution in [0.3, 0.4) is 0 Å². The fourth-order valence-corrected chi connectivity index (χ4v) is 3.92. The van der Waals surface area contributed by atoms with Crippen molar-refractivity contribution >= 4 is 22.8 Å². The summed E-state index contributed by atoms with van der Waals surface area (Å²) in [5, 5.41) is 2.31. The maximum atomic E-state index is 12.9. The lowest BCUT2D eigenvalue weighted by molar-refractivity contribution is 0.0886. The van der Waals surface area contributed by atoms with E-state index in [0.717, 1.165) is 36.8 Å². The van der Waals surface area contributed by atoms with Gasteiger partial charge in [0.25, 0.3) is 11.8 Å². The number of carbonyl (C=O) groups is 2. The van der Waals surface area contributed by atoms with Crippen molar-refractivity contribution < 1.29 is 9.59 Å². The second-order valence-electron chi connectivity index (χ2n) is 6.29. The van der Waals surface area contributed by atoms with E-state index in [0.29, 0.717) is 16.8 Å². The Morgan fingerprint density at radius 3 is 2.33 bits per heavy atom. The van der Waals surface area contributed by atoms with Gasteiger partial charge in [0.05, 0.1) is 11.1 Å². The molecule has 0 spiro atoms. The first-order valence-electron chi connectivity index (χ1n) is 8.22. The Bertz CT molecular complexity index is 984. The molecular weight excluding hydrogens is 302 g/mol. The largest absolute Gasteiger partial charge is 0.281 e. The summed E-state index contributed by atoms with van der Waals surface area (Å²) < 4.78 is 1.76. The molecule has 0 fully saturated rings. The van der Waals surface area contributed by atoms with Crippen molar-refractivity contribution in [3.05, 3.63) is 65.0 Å². The fourth-order valence-electron chi connectivity index (χ4n) is 3.92. The van der Waals surface area contributed by atoms with Gasteiger partial charge >= 0.3 is 0 Å². The number of hydrogen-bond donors (Lipinski definition) is 0. The van der Waals surface area contributed by atoms with Gasteiger partial charge in [0.15, 0.2) is 5.65 Å². The van der Waals surface area contributed by atoms with Crippen molar-refractivity contribution in [3.8, 4) is 0 Å². The van der Waals surface area contributed by atoms with Crippen LogP contribution in [0.5, 0.6) is 0 Å². The van der Waals surface area contributed by atoms with Crippen molar-refractivity contribution in [1.82, 2.24) is 9.66 Å². The Balaban J connectivity index is 1.80. The standard InChI is InChI=1S/C19H15N3O2/c23-18-14-7-1-2-8-15(14)19(24)22(18)21-16-10-4-3-6-12(16)13-9-5-11-20-17(13)21/h1-2,5,7-9,11H,3-4,6,10H2. The first-order chi connectivity index (χ1) is 11.8. The lowest BCUT2D eigenvalue weighted by atomic mass is 9.96. The summed E-state index contributed by atoms with van der Waals surface area (Å²) in [5.41, 5.74) is 3.89. The second-order valence-corrected chi connectivity index (χ2v) is 6.29. The molecule has 0 unspecified atom stereocenters. The second kappa shape index (κ2) is 4.77. The summed E-state index contributed by atoms with van der Waals surface area (Å²) in [4.78, 5) is 30.3. The molecular formula is C19H15N3O2. The fraction of sp³-hybridized carbons (Fsp3) is 0.211. The molecule has 2 aromatic heterocycles. The van der Waals surface area contributed by atoms with E-state index in [9.17, 15) is 9.59 Å². The number of amides is 2. The molecule has 118 valence electrons. The number of hydrogen-bond acceptors (Lipinski definition) is 3. The van der Waals surface area contributed by atoms with E-state index in [1.807, 2.05) is 12.1 Å². The van der Waals surface area contributed by atoms with Crippen molar-refractivity contribution in [3.63, 3.8) is 0 Å². The zero-order valence-electron chi connectivity index (χ0n) is 13.0. The van der Waals surface area contributed by atoms with Crippen LogP contribution in [0.4, 0.5) is 0 Å². The van der Waals surface area contributed by atoms with Gasteiger partial charge in [-0.3, -0.25) is 9.59 Å². The van der Waals surface area contributed by atoms with E-state index in [4.69, 9.17) is 0 Å². The van der Waals surface area contributed by atoms with E-state index >= 15 is 0 Å². The van der Waals surface area contributed by atoms with E-state index in [1.165, 1.54) is 10.6 Å². The molecule has 0 N–H and O–H groups in total. The molecule has 1 aliphatic heterocycles. The number of aryl methyl sites for hydroxylation is 1. The zero-order valence-corrected chi connectivity index (χ0v) is 13.0. The zero-order chi connectivity index (χ0) is 16.3. The molecule has 3 heterocycles. The first-order valence-corrected chi connectivity index (χ1v) is 8.22. The van der Waals surface area contributed by atoms with Gasteiger partial charge in [-0.05, 0) is 55.5 Å². The minimum absolute atomic E-state index is 0.272. The molecule has 2 aliphatic rings. The Kier molecular flexibility index (Phi) is 2.68. The van der Waals surface area contributed by atoms with Crippen molar-refractivity contribution in [2.45, 2.75) is 25.7 Å². The van der Waals surface area contributed by atoms with Gasteiger partial charge in [-0.2, -0.15) is 5.01 Å². The van der Waals surface area contributed by atoms with Crippen LogP contribution in [0.25, 0.3) is 11.0 Å².